The Balaban J connectivity index is 1.53. The molecule has 0 aliphatic rings. The summed E-state index contributed by atoms with van der Waals surface area (Å²) < 4.78 is 11.0. The average Bonchev–Trinajstić information content (AvgIpc) is 3.19. The van der Waals surface area contributed by atoms with Crippen molar-refractivity contribution in [2.75, 3.05) is 5.32 Å². The number of benzene rings is 3. The molecule has 0 spiro atoms. The third-order valence-electron chi connectivity index (χ3n) is 5.57. The normalized spacial score (nSPS) is 11.7. The van der Waals surface area contributed by atoms with Crippen LogP contribution >= 0.6 is 23.2 Å². The number of nitrogens with zero attached hydrogens (tertiary/aromatic N) is 1. The number of halogens is 2. The van der Waals surface area contributed by atoms with Crippen molar-refractivity contribution in [1.29, 1.82) is 0 Å². The van der Waals surface area contributed by atoms with Crippen LogP contribution in [0.15, 0.2) is 71.3 Å². The molecule has 36 heavy (non-hydrogen) atoms. The van der Waals surface area contributed by atoms with Gasteiger partial charge in [0.2, 0.25) is 0 Å². The lowest BCUT2D eigenvalue weighted by atomic mass is 10.0. The Morgan fingerprint density at radius 2 is 1.72 bits per heavy atom. The van der Waals surface area contributed by atoms with Crippen molar-refractivity contribution in [3.63, 3.8) is 0 Å². The molecule has 0 radical (unpaired) electrons. The Morgan fingerprint density at radius 1 is 1.03 bits per heavy atom. The van der Waals surface area contributed by atoms with Crippen LogP contribution in [0.25, 0.3) is 22.5 Å². The molecule has 0 saturated carbocycles. The lowest BCUT2D eigenvalue weighted by molar-refractivity contribution is -0.136. The van der Waals surface area contributed by atoms with Gasteiger partial charge < -0.3 is 14.4 Å². The molecule has 4 aromatic rings. The van der Waals surface area contributed by atoms with E-state index in [1.54, 1.807) is 56.3 Å². The molecular formula is C27H22Cl2N2O5. The zero-order valence-electron chi connectivity index (χ0n) is 19.4. The first-order valence-corrected chi connectivity index (χ1v) is 11.8. The summed E-state index contributed by atoms with van der Waals surface area (Å²) in [4.78, 5) is 23.5. The fourth-order valence-corrected chi connectivity index (χ4v) is 4.29. The topological polar surface area (TPSA) is 102 Å². The highest BCUT2D eigenvalue weighted by Crippen LogP contribution is 2.38. The summed E-state index contributed by atoms with van der Waals surface area (Å²) in [6, 6.07) is 19.7. The number of carboxylic acids is 1. The number of rotatable bonds is 7. The standard InChI is InChI=1S/C27H22Cl2N2O5/c1-15-25(30-27(34)35-16(2)20-5-3-4-6-22(20)28)26(36-31-15)21-12-11-19(14-23(21)29)18-9-7-17(8-10-18)13-24(32)33/h3-12,14,16H,13H2,1-2H3,(H,30,34)(H,32,33). The number of hydrogen-bond acceptors (Lipinski definition) is 5. The van der Waals surface area contributed by atoms with E-state index in [-0.39, 0.29) is 6.42 Å². The average molecular weight is 525 g/mol. The molecule has 0 saturated heterocycles. The minimum absolute atomic E-state index is 0.0415. The van der Waals surface area contributed by atoms with Crippen molar-refractivity contribution in [3.05, 3.63) is 93.6 Å². The van der Waals surface area contributed by atoms with Crippen molar-refractivity contribution >= 4 is 41.0 Å². The van der Waals surface area contributed by atoms with Gasteiger partial charge in [-0.2, -0.15) is 0 Å². The van der Waals surface area contributed by atoms with Gasteiger partial charge in [0, 0.05) is 16.1 Å². The number of nitrogens with one attached hydrogen (secondary N) is 1. The van der Waals surface area contributed by atoms with Crippen molar-refractivity contribution in [3.8, 4) is 22.5 Å². The maximum absolute atomic E-state index is 12.6. The second-order valence-electron chi connectivity index (χ2n) is 8.13. The van der Waals surface area contributed by atoms with Gasteiger partial charge in [-0.1, -0.05) is 76.9 Å². The number of carbonyl (C=O) groups excluding carboxylic acids is 1. The SMILES string of the molecule is Cc1noc(-c2ccc(-c3ccc(CC(=O)O)cc3)cc2Cl)c1NC(=O)OC(C)c1ccccc1Cl. The van der Waals surface area contributed by atoms with E-state index >= 15 is 0 Å². The van der Waals surface area contributed by atoms with E-state index in [0.717, 1.165) is 11.1 Å². The van der Waals surface area contributed by atoms with E-state index in [1.807, 2.05) is 24.3 Å². The Bertz CT molecular complexity index is 1420. The lowest BCUT2D eigenvalue weighted by Gasteiger charge is -2.15. The maximum Gasteiger partial charge on any atom is 0.412 e. The second kappa shape index (κ2) is 10.8. The molecule has 3 aromatic carbocycles. The Morgan fingerprint density at radius 3 is 2.39 bits per heavy atom. The van der Waals surface area contributed by atoms with Gasteiger partial charge in [-0.05, 0) is 48.7 Å². The summed E-state index contributed by atoms with van der Waals surface area (Å²) in [6.07, 6.45) is -1.31. The van der Waals surface area contributed by atoms with E-state index in [1.165, 1.54) is 0 Å². The number of aromatic nitrogens is 1. The smallest absolute Gasteiger partial charge is 0.412 e. The van der Waals surface area contributed by atoms with Crippen molar-refractivity contribution < 1.29 is 24.0 Å². The van der Waals surface area contributed by atoms with Crippen LogP contribution in [0.4, 0.5) is 10.5 Å². The first kappa shape index (κ1) is 25.3. The summed E-state index contributed by atoms with van der Waals surface area (Å²) in [6.45, 7) is 3.42. The number of aliphatic carboxylic acids is 1. The quantitative estimate of drug-likeness (QED) is 0.258. The van der Waals surface area contributed by atoms with Crippen molar-refractivity contribution in [1.82, 2.24) is 5.16 Å². The van der Waals surface area contributed by atoms with E-state index in [9.17, 15) is 9.59 Å². The summed E-state index contributed by atoms with van der Waals surface area (Å²) >= 11 is 12.8. The zero-order chi connectivity index (χ0) is 25.8. The summed E-state index contributed by atoms with van der Waals surface area (Å²) in [5.41, 5.74) is 4.45. The molecule has 1 aromatic heterocycles. The molecule has 0 aliphatic carbocycles. The number of amides is 1. The van der Waals surface area contributed by atoms with Gasteiger partial charge in [0.1, 0.15) is 17.5 Å². The van der Waals surface area contributed by atoms with Gasteiger partial charge in [0.25, 0.3) is 0 Å². The molecule has 9 heteroatoms. The molecule has 0 fully saturated rings. The molecule has 7 nitrogen and oxygen atoms in total. The van der Waals surface area contributed by atoms with Gasteiger partial charge in [-0.15, -0.1) is 0 Å². The number of hydrogen-bond donors (Lipinski definition) is 2. The third-order valence-corrected chi connectivity index (χ3v) is 6.23. The molecule has 1 amide bonds. The van der Waals surface area contributed by atoms with Crippen molar-refractivity contribution in [2.45, 2.75) is 26.4 Å². The largest absolute Gasteiger partial charge is 0.481 e. The van der Waals surface area contributed by atoms with Crippen molar-refractivity contribution in [2.24, 2.45) is 0 Å². The van der Waals surface area contributed by atoms with Crippen LogP contribution in [0.3, 0.4) is 0 Å². The van der Waals surface area contributed by atoms with Crippen LogP contribution in [-0.2, 0) is 16.0 Å². The number of ether oxygens (including phenoxy) is 1. The molecule has 0 bridgehead atoms. The molecule has 184 valence electrons. The summed E-state index contributed by atoms with van der Waals surface area (Å²) in [5, 5.41) is 16.5. The third kappa shape index (κ3) is 5.70. The first-order valence-electron chi connectivity index (χ1n) is 11.0. The van der Waals surface area contributed by atoms with Crippen LogP contribution in [0.5, 0.6) is 0 Å². The Hall–Kier alpha value is -3.81. The molecular weight excluding hydrogens is 503 g/mol. The monoisotopic (exact) mass is 524 g/mol. The van der Waals surface area contributed by atoms with E-state index in [0.29, 0.717) is 43.9 Å². The summed E-state index contributed by atoms with van der Waals surface area (Å²) in [5.74, 6) is -0.590. The highest BCUT2D eigenvalue weighted by atomic mass is 35.5. The van der Waals surface area contributed by atoms with Gasteiger partial charge >= 0.3 is 12.1 Å². The van der Waals surface area contributed by atoms with Gasteiger partial charge in [-0.25, -0.2) is 4.79 Å². The molecule has 1 unspecified atom stereocenters. The van der Waals surface area contributed by atoms with Gasteiger partial charge in [0.05, 0.1) is 11.4 Å². The van der Waals surface area contributed by atoms with Crippen LogP contribution in [0.1, 0.15) is 29.8 Å². The number of carbonyl (C=O) groups is 2. The first-order chi connectivity index (χ1) is 17.2. The number of anilines is 1. The van der Waals surface area contributed by atoms with Crippen LogP contribution in [0.2, 0.25) is 10.0 Å². The lowest BCUT2D eigenvalue weighted by Crippen LogP contribution is -2.17. The minimum Gasteiger partial charge on any atom is -0.481 e. The Kier molecular flexibility index (Phi) is 7.62. The predicted octanol–water partition coefficient (Wildman–Crippen LogP) is 7.56. The van der Waals surface area contributed by atoms with Crippen LogP contribution in [-0.4, -0.2) is 22.3 Å². The highest BCUT2D eigenvalue weighted by molar-refractivity contribution is 6.33. The fourth-order valence-electron chi connectivity index (χ4n) is 3.73. The van der Waals surface area contributed by atoms with Gasteiger partial charge in [-0.3, -0.25) is 10.1 Å². The molecule has 4 rings (SSSR count). The fraction of sp³-hybridized carbons (Fsp3) is 0.148. The molecule has 2 N–H and O–H groups in total. The Labute approximate surface area is 217 Å². The van der Waals surface area contributed by atoms with E-state index in [2.05, 4.69) is 10.5 Å². The summed E-state index contributed by atoms with van der Waals surface area (Å²) in [7, 11) is 0. The molecule has 0 aliphatic heterocycles. The predicted molar refractivity (Wildman–Crippen MR) is 138 cm³/mol. The number of carboxylic acid groups (broad SMARTS) is 1. The molecule has 1 atom stereocenters. The van der Waals surface area contributed by atoms with E-state index < -0.39 is 18.2 Å². The van der Waals surface area contributed by atoms with Crippen LogP contribution < -0.4 is 5.32 Å². The van der Waals surface area contributed by atoms with Gasteiger partial charge in [0.15, 0.2) is 5.76 Å². The minimum atomic E-state index is -0.885. The van der Waals surface area contributed by atoms with Crippen LogP contribution in [0, 0.1) is 6.92 Å². The highest BCUT2D eigenvalue weighted by Gasteiger charge is 2.22. The zero-order valence-corrected chi connectivity index (χ0v) is 20.9. The molecule has 1 heterocycles. The second-order valence-corrected chi connectivity index (χ2v) is 8.94. The number of aryl methyl sites for hydroxylation is 1. The maximum atomic E-state index is 12.6. The van der Waals surface area contributed by atoms with E-state index in [4.69, 9.17) is 37.6 Å².